The Bertz CT molecular complexity index is 663. The number of primary sulfonamides is 1. The van der Waals surface area contributed by atoms with Gasteiger partial charge in [-0.1, -0.05) is 0 Å². The van der Waals surface area contributed by atoms with Crippen LogP contribution in [0.1, 0.15) is 17.7 Å². The average Bonchev–Trinajstić information content (AvgIpc) is 2.76. The second-order valence-electron chi connectivity index (χ2n) is 4.58. The van der Waals surface area contributed by atoms with Crippen LogP contribution in [0.3, 0.4) is 0 Å². The molecule has 1 unspecified atom stereocenters. The fraction of sp³-hybridized carbons (Fsp3) is 0.600. The number of thiophene rings is 1. The van der Waals surface area contributed by atoms with Gasteiger partial charge in [-0.3, -0.25) is 0 Å². The fourth-order valence-corrected chi connectivity index (χ4v) is 6.01. The molecule has 9 heteroatoms. The van der Waals surface area contributed by atoms with Crippen LogP contribution in [0.5, 0.6) is 0 Å². The highest BCUT2D eigenvalue weighted by Gasteiger charge is 2.35. The fourth-order valence-electron chi connectivity index (χ4n) is 2.07. The lowest BCUT2D eigenvalue weighted by molar-refractivity contribution is 0.346. The Morgan fingerprint density at radius 3 is 2.53 bits per heavy atom. The second-order valence-corrected chi connectivity index (χ2v) is 9.88. The van der Waals surface area contributed by atoms with Crippen LogP contribution in [-0.4, -0.2) is 39.5 Å². The molecule has 0 saturated carbocycles. The zero-order valence-electron chi connectivity index (χ0n) is 10.4. The summed E-state index contributed by atoms with van der Waals surface area (Å²) in [5.41, 5.74) is 0. The highest BCUT2D eigenvalue weighted by molar-refractivity contribution is 7.91. The van der Waals surface area contributed by atoms with Crippen molar-refractivity contribution in [2.45, 2.75) is 29.2 Å². The summed E-state index contributed by atoms with van der Waals surface area (Å²) in [4.78, 5) is 0.901. The third-order valence-corrected chi connectivity index (χ3v) is 7.76. The van der Waals surface area contributed by atoms with Gasteiger partial charge in [-0.25, -0.2) is 22.0 Å². The van der Waals surface area contributed by atoms with E-state index in [0.717, 1.165) is 4.88 Å². The predicted molar refractivity (Wildman–Crippen MR) is 73.9 cm³/mol. The van der Waals surface area contributed by atoms with E-state index in [1.54, 1.807) is 12.1 Å². The molecule has 1 saturated heterocycles. The van der Waals surface area contributed by atoms with Gasteiger partial charge in [0.25, 0.3) is 10.0 Å². The standard InChI is InChI=1S/C10H16N2O4S3/c1-8-4-5-10(17-8)19(15,16)12-6-2-3-9(7-12)18(11,13)14/h4-5,9H,2-3,6-7H2,1H3,(H2,11,13,14). The van der Waals surface area contributed by atoms with E-state index < -0.39 is 25.3 Å². The SMILES string of the molecule is Cc1ccc(S(=O)(=O)N2CCCC(S(N)(=O)=O)C2)s1. The average molecular weight is 324 g/mol. The summed E-state index contributed by atoms with van der Waals surface area (Å²) >= 11 is 1.19. The first-order valence-corrected chi connectivity index (χ1v) is 9.66. The number of aryl methyl sites for hydroxylation is 1. The van der Waals surface area contributed by atoms with Crippen molar-refractivity contribution in [3.05, 3.63) is 17.0 Å². The molecule has 0 aliphatic carbocycles. The predicted octanol–water partition coefficient (Wildman–Crippen LogP) is 0.498. The largest absolute Gasteiger partial charge is 0.252 e. The van der Waals surface area contributed by atoms with Gasteiger partial charge in [-0.2, -0.15) is 4.31 Å². The third kappa shape index (κ3) is 3.16. The molecule has 0 amide bonds. The molecule has 2 rings (SSSR count). The molecule has 0 spiro atoms. The van der Waals surface area contributed by atoms with Crippen molar-refractivity contribution in [2.24, 2.45) is 5.14 Å². The van der Waals surface area contributed by atoms with Crippen molar-refractivity contribution >= 4 is 31.4 Å². The summed E-state index contributed by atoms with van der Waals surface area (Å²) in [6.45, 7) is 2.11. The van der Waals surface area contributed by atoms with Crippen molar-refractivity contribution in [3.63, 3.8) is 0 Å². The number of hydrogen-bond donors (Lipinski definition) is 1. The van der Waals surface area contributed by atoms with Gasteiger partial charge in [0.15, 0.2) is 0 Å². The van der Waals surface area contributed by atoms with Crippen LogP contribution in [0.2, 0.25) is 0 Å². The first-order chi connectivity index (χ1) is 8.71. The molecule has 6 nitrogen and oxygen atoms in total. The summed E-state index contributed by atoms with van der Waals surface area (Å²) in [6, 6.07) is 3.29. The van der Waals surface area contributed by atoms with Gasteiger partial charge in [0, 0.05) is 18.0 Å². The Balaban J connectivity index is 2.27. The zero-order valence-corrected chi connectivity index (χ0v) is 12.9. The van der Waals surface area contributed by atoms with E-state index in [4.69, 9.17) is 5.14 Å². The molecule has 0 radical (unpaired) electrons. The Morgan fingerprint density at radius 2 is 2.00 bits per heavy atom. The molecule has 1 aliphatic heterocycles. The van der Waals surface area contributed by atoms with E-state index in [0.29, 0.717) is 19.4 Å². The van der Waals surface area contributed by atoms with Crippen molar-refractivity contribution in [1.29, 1.82) is 0 Å². The van der Waals surface area contributed by atoms with Gasteiger partial charge in [0.05, 0.1) is 5.25 Å². The van der Waals surface area contributed by atoms with Crippen LogP contribution in [0, 0.1) is 6.92 Å². The minimum Gasteiger partial charge on any atom is -0.228 e. The van der Waals surface area contributed by atoms with E-state index >= 15 is 0 Å². The van der Waals surface area contributed by atoms with Gasteiger partial charge in [0.1, 0.15) is 4.21 Å². The summed E-state index contributed by atoms with van der Waals surface area (Å²) in [5.74, 6) is 0. The molecular formula is C10H16N2O4S3. The number of rotatable bonds is 3. The van der Waals surface area contributed by atoms with E-state index in [-0.39, 0.29) is 10.8 Å². The Kier molecular flexibility index (Phi) is 4.03. The van der Waals surface area contributed by atoms with Crippen LogP contribution in [0.25, 0.3) is 0 Å². The van der Waals surface area contributed by atoms with E-state index in [1.165, 1.54) is 15.6 Å². The van der Waals surface area contributed by atoms with Crippen LogP contribution < -0.4 is 5.14 Å². The lowest BCUT2D eigenvalue weighted by Gasteiger charge is -2.30. The topological polar surface area (TPSA) is 97.5 Å². The quantitative estimate of drug-likeness (QED) is 0.875. The van der Waals surface area contributed by atoms with Gasteiger partial charge >= 0.3 is 0 Å². The molecule has 1 fully saturated rings. The number of hydrogen-bond acceptors (Lipinski definition) is 5. The van der Waals surface area contributed by atoms with E-state index in [2.05, 4.69) is 0 Å². The van der Waals surface area contributed by atoms with Gasteiger partial charge in [-0.15, -0.1) is 11.3 Å². The summed E-state index contributed by atoms with van der Waals surface area (Å²) in [7, 11) is -7.30. The lowest BCUT2D eigenvalue weighted by Crippen LogP contribution is -2.46. The lowest BCUT2D eigenvalue weighted by atomic mass is 10.2. The maximum atomic E-state index is 12.4. The van der Waals surface area contributed by atoms with Crippen molar-refractivity contribution < 1.29 is 16.8 Å². The minimum absolute atomic E-state index is 0.0574. The van der Waals surface area contributed by atoms with Crippen molar-refractivity contribution in [2.75, 3.05) is 13.1 Å². The second kappa shape index (κ2) is 5.13. The van der Waals surface area contributed by atoms with Crippen molar-refractivity contribution in [1.82, 2.24) is 4.31 Å². The molecule has 2 heterocycles. The smallest absolute Gasteiger partial charge is 0.228 e. The van der Waals surface area contributed by atoms with Crippen LogP contribution in [-0.2, 0) is 20.0 Å². The molecule has 108 valence electrons. The van der Waals surface area contributed by atoms with E-state index in [1.807, 2.05) is 6.92 Å². The first kappa shape index (κ1) is 14.9. The summed E-state index contributed by atoms with van der Waals surface area (Å²) < 4.78 is 48.9. The van der Waals surface area contributed by atoms with E-state index in [9.17, 15) is 16.8 Å². The number of nitrogens with two attached hydrogens (primary N) is 1. The number of nitrogens with zero attached hydrogens (tertiary/aromatic N) is 1. The van der Waals surface area contributed by atoms with Gasteiger partial charge in [0.2, 0.25) is 10.0 Å². The van der Waals surface area contributed by atoms with Crippen LogP contribution >= 0.6 is 11.3 Å². The monoisotopic (exact) mass is 324 g/mol. The Morgan fingerprint density at radius 1 is 1.32 bits per heavy atom. The van der Waals surface area contributed by atoms with Gasteiger partial charge in [-0.05, 0) is 31.9 Å². The Hall–Kier alpha value is -0.480. The summed E-state index contributed by atoms with van der Waals surface area (Å²) in [5, 5.41) is 4.30. The zero-order chi connectivity index (χ0) is 14.3. The Labute approximate surface area is 117 Å². The maximum Gasteiger partial charge on any atom is 0.252 e. The molecule has 1 aromatic heterocycles. The van der Waals surface area contributed by atoms with Gasteiger partial charge < -0.3 is 0 Å². The third-order valence-electron chi connectivity index (χ3n) is 3.12. The molecule has 0 bridgehead atoms. The highest BCUT2D eigenvalue weighted by atomic mass is 32.2. The molecule has 0 aromatic carbocycles. The minimum atomic E-state index is -3.70. The highest BCUT2D eigenvalue weighted by Crippen LogP contribution is 2.27. The molecule has 1 aliphatic rings. The molecule has 19 heavy (non-hydrogen) atoms. The first-order valence-electron chi connectivity index (χ1n) is 5.79. The van der Waals surface area contributed by atoms with Crippen LogP contribution in [0.15, 0.2) is 16.3 Å². The summed E-state index contributed by atoms with van der Waals surface area (Å²) in [6.07, 6.45) is 0.916. The normalized spacial score (nSPS) is 22.5. The van der Waals surface area contributed by atoms with Crippen LogP contribution in [0.4, 0.5) is 0 Å². The van der Waals surface area contributed by atoms with Crippen molar-refractivity contribution in [3.8, 4) is 0 Å². The number of piperidine rings is 1. The molecule has 1 aromatic rings. The molecular weight excluding hydrogens is 308 g/mol. The molecule has 1 atom stereocenters. The number of sulfonamides is 2. The maximum absolute atomic E-state index is 12.4. The molecule has 2 N–H and O–H groups in total.